The van der Waals surface area contributed by atoms with Crippen LogP contribution in [0.4, 0.5) is 23.0 Å². The number of methoxy groups -OCH3 is 1. The van der Waals surface area contributed by atoms with Crippen molar-refractivity contribution in [3.63, 3.8) is 0 Å². The van der Waals surface area contributed by atoms with E-state index in [1.54, 1.807) is 7.11 Å². The molecule has 3 saturated heterocycles. The Morgan fingerprint density at radius 1 is 1.00 bits per heavy atom. The fourth-order valence-corrected chi connectivity index (χ4v) is 5.99. The third kappa shape index (κ3) is 6.82. The highest BCUT2D eigenvalue weighted by atomic mass is 16.5. The third-order valence-electron chi connectivity index (χ3n) is 8.45. The monoisotopic (exact) mass is 552 g/mol. The van der Waals surface area contributed by atoms with Gasteiger partial charge in [0.2, 0.25) is 0 Å². The number of nitrogens with zero attached hydrogens (tertiary/aromatic N) is 6. The molecule has 3 aliphatic rings. The quantitative estimate of drug-likeness (QED) is 0.422. The molecule has 0 spiro atoms. The Kier molecular flexibility index (Phi) is 9.66. The van der Waals surface area contributed by atoms with Crippen LogP contribution in [-0.2, 0) is 17.7 Å². The average molecular weight is 553 g/mol. The van der Waals surface area contributed by atoms with Gasteiger partial charge >= 0.3 is 0 Å². The number of hydrogen-bond donors (Lipinski definition) is 2. The van der Waals surface area contributed by atoms with E-state index in [0.717, 1.165) is 93.7 Å². The highest BCUT2D eigenvalue weighted by molar-refractivity contribution is 5.69. The summed E-state index contributed by atoms with van der Waals surface area (Å²) in [6.07, 6.45) is 4.89. The summed E-state index contributed by atoms with van der Waals surface area (Å²) in [6.45, 7) is 10.2. The maximum Gasteiger partial charge on any atom is 0.156 e. The van der Waals surface area contributed by atoms with E-state index in [-0.39, 0.29) is 12.6 Å². The van der Waals surface area contributed by atoms with E-state index in [9.17, 15) is 4.91 Å². The van der Waals surface area contributed by atoms with Crippen LogP contribution < -0.4 is 20.3 Å². The van der Waals surface area contributed by atoms with Crippen LogP contribution in [0.25, 0.3) is 0 Å². The molecule has 1 aromatic carbocycles. The van der Waals surface area contributed by atoms with Crippen molar-refractivity contribution >= 4 is 23.0 Å². The number of ether oxygens (including phenoxy) is 2. The summed E-state index contributed by atoms with van der Waals surface area (Å²) >= 11 is 0. The number of nitrogens with one attached hydrogen (secondary N) is 2. The number of hydrogen-bond acceptors (Lipinski definition) is 11. The SMILES string of the molecule is CCc1nc(CN=O)c(Nc2ccc(N3CCC(N4CCN(C)CC4)CC3)c(OC)c2)nc1NC1CCOCC1. The molecule has 0 saturated carbocycles. The van der Waals surface area contributed by atoms with Crippen molar-refractivity contribution in [3.05, 3.63) is 34.5 Å². The number of piperidine rings is 1. The third-order valence-corrected chi connectivity index (χ3v) is 8.45. The summed E-state index contributed by atoms with van der Waals surface area (Å²) in [5.74, 6) is 2.10. The van der Waals surface area contributed by atoms with Gasteiger partial charge in [-0.3, -0.25) is 4.90 Å². The molecule has 0 unspecified atom stereocenters. The smallest absolute Gasteiger partial charge is 0.156 e. The van der Waals surface area contributed by atoms with Crippen LogP contribution in [0, 0.1) is 4.91 Å². The van der Waals surface area contributed by atoms with E-state index < -0.39 is 0 Å². The van der Waals surface area contributed by atoms with Crippen LogP contribution in [0.1, 0.15) is 44.0 Å². The zero-order valence-corrected chi connectivity index (χ0v) is 24.2. The van der Waals surface area contributed by atoms with Gasteiger partial charge in [0.1, 0.15) is 23.8 Å². The number of benzene rings is 1. The number of aryl methyl sites for hydroxylation is 1. The molecule has 1 aromatic heterocycles. The first-order valence-corrected chi connectivity index (χ1v) is 14.7. The van der Waals surface area contributed by atoms with Crippen LogP contribution in [-0.4, -0.2) is 98.5 Å². The highest BCUT2D eigenvalue weighted by Crippen LogP contribution is 2.35. The normalized spacial score (nSPS) is 19.9. The van der Waals surface area contributed by atoms with Gasteiger partial charge in [-0.2, -0.15) is 4.91 Å². The maximum atomic E-state index is 11.2. The van der Waals surface area contributed by atoms with Crippen molar-refractivity contribution < 1.29 is 9.47 Å². The van der Waals surface area contributed by atoms with E-state index in [4.69, 9.17) is 19.4 Å². The van der Waals surface area contributed by atoms with E-state index in [1.165, 1.54) is 13.1 Å². The molecule has 5 rings (SSSR count). The zero-order chi connectivity index (χ0) is 27.9. The van der Waals surface area contributed by atoms with Crippen LogP contribution in [0.2, 0.25) is 0 Å². The van der Waals surface area contributed by atoms with Crippen LogP contribution >= 0.6 is 0 Å². The lowest BCUT2D eigenvalue weighted by atomic mass is 10.0. The summed E-state index contributed by atoms with van der Waals surface area (Å²) in [5, 5.41) is 10.1. The van der Waals surface area contributed by atoms with Crippen LogP contribution in [0.15, 0.2) is 23.4 Å². The van der Waals surface area contributed by atoms with E-state index >= 15 is 0 Å². The summed E-state index contributed by atoms with van der Waals surface area (Å²) in [4.78, 5) is 28.4. The van der Waals surface area contributed by atoms with E-state index in [2.05, 4.69) is 43.6 Å². The lowest BCUT2D eigenvalue weighted by molar-refractivity contribution is 0.0903. The second-order valence-electron chi connectivity index (χ2n) is 11.1. The Morgan fingerprint density at radius 3 is 2.42 bits per heavy atom. The number of likely N-dealkylation sites (N-methyl/N-ethyl adjacent to an activating group) is 1. The minimum Gasteiger partial charge on any atom is -0.495 e. The lowest BCUT2D eigenvalue weighted by Gasteiger charge is -2.42. The van der Waals surface area contributed by atoms with Crippen molar-refractivity contribution in [2.75, 3.05) is 82.2 Å². The molecule has 2 aromatic rings. The summed E-state index contributed by atoms with van der Waals surface area (Å²) in [6, 6.07) is 7.11. The summed E-state index contributed by atoms with van der Waals surface area (Å²) < 4.78 is 11.3. The first kappa shape index (κ1) is 28.5. The fraction of sp³-hybridized carbons (Fsp3) is 0.655. The molecule has 0 radical (unpaired) electrons. The molecule has 11 nitrogen and oxygen atoms in total. The molecule has 0 atom stereocenters. The van der Waals surface area contributed by atoms with Gasteiger partial charge in [-0.05, 0) is 51.3 Å². The van der Waals surface area contributed by atoms with Gasteiger partial charge in [-0.25, -0.2) is 9.97 Å². The molecule has 11 heteroatoms. The lowest BCUT2D eigenvalue weighted by Crippen LogP contribution is -2.52. The number of rotatable bonds is 10. The Balaban J connectivity index is 1.30. The fourth-order valence-electron chi connectivity index (χ4n) is 5.99. The van der Waals surface area contributed by atoms with Gasteiger partial charge in [-0.1, -0.05) is 12.1 Å². The van der Waals surface area contributed by atoms with Gasteiger partial charge in [0.15, 0.2) is 5.82 Å². The Bertz CT molecular complexity index is 1130. The molecule has 3 fully saturated rings. The second kappa shape index (κ2) is 13.6. The van der Waals surface area contributed by atoms with Gasteiger partial charge in [0.05, 0.1) is 18.5 Å². The molecule has 0 bridgehead atoms. The number of nitroso groups, excluding NO2 is 1. The van der Waals surface area contributed by atoms with Gasteiger partial charge < -0.3 is 29.9 Å². The molecule has 3 aliphatic heterocycles. The Labute approximate surface area is 237 Å². The van der Waals surface area contributed by atoms with E-state index in [0.29, 0.717) is 24.0 Å². The van der Waals surface area contributed by atoms with Gasteiger partial charge in [0, 0.05) is 76.3 Å². The second-order valence-corrected chi connectivity index (χ2v) is 11.1. The maximum absolute atomic E-state index is 11.2. The Morgan fingerprint density at radius 2 is 1.75 bits per heavy atom. The highest BCUT2D eigenvalue weighted by Gasteiger charge is 2.28. The van der Waals surface area contributed by atoms with Crippen LogP contribution in [0.5, 0.6) is 5.75 Å². The minimum absolute atomic E-state index is 0.0443. The molecule has 4 heterocycles. The first-order valence-electron chi connectivity index (χ1n) is 14.7. The molecule has 2 N–H and O–H groups in total. The summed E-state index contributed by atoms with van der Waals surface area (Å²) in [5.41, 5.74) is 3.31. The predicted molar refractivity (Wildman–Crippen MR) is 159 cm³/mol. The number of piperazine rings is 1. The van der Waals surface area contributed by atoms with Crippen molar-refractivity contribution in [1.29, 1.82) is 0 Å². The largest absolute Gasteiger partial charge is 0.495 e. The van der Waals surface area contributed by atoms with Crippen molar-refractivity contribution in [3.8, 4) is 5.75 Å². The number of anilines is 4. The van der Waals surface area contributed by atoms with E-state index in [1.807, 2.05) is 19.1 Å². The van der Waals surface area contributed by atoms with Gasteiger partial charge in [-0.15, -0.1) is 0 Å². The van der Waals surface area contributed by atoms with Crippen molar-refractivity contribution in [2.24, 2.45) is 5.18 Å². The predicted octanol–water partition coefficient (Wildman–Crippen LogP) is 3.86. The number of aromatic nitrogens is 2. The minimum atomic E-state index is -0.0443. The Hall–Kier alpha value is -3.02. The molecular formula is C29H44N8O3. The first-order chi connectivity index (χ1) is 19.6. The summed E-state index contributed by atoms with van der Waals surface area (Å²) in [7, 11) is 3.92. The standard InChI is InChI=1S/C29H44N8O3/c1-4-24-28(31-21-9-17-40-18-10-21)34-29(25(33-24)20-30-38)32-22-5-6-26(27(19-22)39-3)37-11-7-23(8-12-37)36-15-13-35(2)14-16-36/h5-6,19,21,23H,4,7-18,20H2,1-3H3,(H2,31,32,34). The average Bonchev–Trinajstić information content (AvgIpc) is 2.99. The molecule has 40 heavy (non-hydrogen) atoms. The molecule has 218 valence electrons. The van der Waals surface area contributed by atoms with Crippen molar-refractivity contribution in [1.82, 2.24) is 19.8 Å². The molecular weight excluding hydrogens is 508 g/mol. The topological polar surface area (TPSA) is 107 Å². The molecule has 0 aliphatic carbocycles. The molecule has 0 amide bonds. The zero-order valence-electron chi connectivity index (χ0n) is 24.2. The van der Waals surface area contributed by atoms with Gasteiger partial charge in [0.25, 0.3) is 0 Å². The van der Waals surface area contributed by atoms with Crippen molar-refractivity contribution in [2.45, 2.75) is 57.7 Å². The van der Waals surface area contributed by atoms with Crippen LogP contribution in [0.3, 0.4) is 0 Å².